The highest BCUT2D eigenvalue weighted by atomic mass is 127. The third-order valence-corrected chi connectivity index (χ3v) is 7.13. The Morgan fingerprint density at radius 2 is 1.10 bits per heavy atom. The molecule has 0 heterocycles. The Labute approximate surface area is 195 Å². The van der Waals surface area contributed by atoms with E-state index in [0.29, 0.717) is 0 Å². The summed E-state index contributed by atoms with van der Waals surface area (Å²) in [6.07, 6.45) is 4.55. The number of fused-ring (bicyclic) bond motifs is 3. The third kappa shape index (κ3) is 3.11. The summed E-state index contributed by atoms with van der Waals surface area (Å²) < 4.78 is 1.26. The predicted octanol–water partition coefficient (Wildman–Crippen LogP) is 7.04. The molecule has 5 aromatic carbocycles. The second kappa shape index (κ2) is 7.65. The van der Waals surface area contributed by atoms with Gasteiger partial charge in [-0.2, -0.15) is 0 Å². The van der Waals surface area contributed by atoms with E-state index in [1.54, 1.807) is 0 Å². The van der Waals surface area contributed by atoms with Crippen LogP contribution in [0, 0.1) is 3.57 Å². The Morgan fingerprint density at radius 1 is 0.548 bits per heavy atom. The Morgan fingerprint density at radius 3 is 1.74 bits per heavy atom. The van der Waals surface area contributed by atoms with E-state index in [9.17, 15) is 0 Å². The first-order valence-corrected chi connectivity index (χ1v) is 11.9. The topological polar surface area (TPSA) is 0 Å². The lowest BCUT2D eigenvalue weighted by Crippen LogP contribution is -2.29. The standard InChI is InChI=1S/C30H21I/c31-22-18-16-21(17-19-22)29-25-11-3-5-13-27(25)30(28-14-6-4-12-26(28)29)24-15-7-9-20-8-1-2-10-23(20)24/h1-6,8-14,16-19H,7,15H2. The largest absolute Gasteiger partial charge is 0.0763 e. The van der Waals surface area contributed by atoms with Gasteiger partial charge in [0.15, 0.2) is 0 Å². The summed E-state index contributed by atoms with van der Waals surface area (Å²) in [7, 11) is 0. The van der Waals surface area contributed by atoms with Crippen molar-refractivity contribution in [3.05, 3.63) is 117 Å². The molecule has 0 aromatic heterocycles. The number of halogens is 1. The fourth-order valence-corrected chi connectivity index (χ4v) is 5.46. The van der Waals surface area contributed by atoms with Crippen molar-refractivity contribution in [3.8, 4) is 11.1 Å². The van der Waals surface area contributed by atoms with E-state index >= 15 is 0 Å². The predicted molar refractivity (Wildman–Crippen MR) is 142 cm³/mol. The second-order valence-corrected chi connectivity index (χ2v) is 9.40. The molecule has 0 N–H and O–H groups in total. The lowest BCUT2D eigenvalue weighted by molar-refractivity contribution is 1.08. The van der Waals surface area contributed by atoms with Gasteiger partial charge in [-0.3, -0.25) is 0 Å². The van der Waals surface area contributed by atoms with Crippen molar-refractivity contribution in [2.75, 3.05) is 0 Å². The van der Waals surface area contributed by atoms with E-state index < -0.39 is 0 Å². The number of rotatable bonds is 2. The lowest BCUT2D eigenvalue weighted by Gasteiger charge is -2.20. The van der Waals surface area contributed by atoms with Crippen LogP contribution >= 0.6 is 22.6 Å². The smallest absolute Gasteiger partial charge is 0.0130 e. The van der Waals surface area contributed by atoms with Crippen LogP contribution in [-0.2, 0) is 0 Å². The second-order valence-electron chi connectivity index (χ2n) is 8.16. The van der Waals surface area contributed by atoms with Crippen LogP contribution in [-0.4, -0.2) is 0 Å². The van der Waals surface area contributed by atoms with Crippen LogP contribution in [0.25, 0.3) is 44.3 Å². The average Bonchev–Trinajstić information content (AvgIpc) is 2.83. The summed E-state index contributed by atoms with van der Waals surface area (Å²) in [6.45, 7) is 0. The third-order valence-electron chi connectivity index (χ3n) is 6.41. The fraction of sp³-hybridized carbons (Fsp3) is 0.0667. The molecule has 0 atom stereocenters. The zero-order valence-electron chi connectivity index (χ0n) is 17.1. The van der Waals surface area contributed by atoms with Gasteiger partial charge >= 0.3 is 0 Å². The maximum Gasteiger partial charge on any atom is 0.0130 e. The van der Waals surface area contributed by atoms with Crippen LogP contribution in [0.5, 0.6) is 0 Å². The quantitative estimate of drug-likeness (QED) is 0.177. The van der Waals surface area contributed by atoms with E-state index in [1.807, 2.05) is 0 Å². The van der Waals surface area contributed by atoms with Crippen molar-refractivity contribution < 1.29 is 0 Å². The maximum absolute atomic E-state index is 2.38. The lowest BCUT2D eigenvalue weighted by atomic mass is 9.83. The minimum atomic E-state index is 1.08. The van der Waals surface area contributed by atoms with Crippen molar-refractivity contribution in [1.29, 1.82) is 0 Å². The highest BCUT2D eigenvalue weighted by molar-refractivity contribution is 14.1. The number of hydrogen-bond donors (Lipinski definition) is 0. The van der Waals surface area contributed by atoms with Gasteiger partial charge in [0.1, 0.15) is 0 Å². The molecule has 0 spiro atoms. The van der Waals surface area contributed by atoms with Gasteiger partial charge in [-0.15, -0.1) is 0 Å². The van der Waals surface area contributed by atoms with Crippen molar-refractivity contribution in [1.82, 2.24) is 0 Å². The SMILES string of the molecule is Ic1ccc(-c2c3ccccc3c(C3=c4ccccc4=CCC3)c3ccccc23)cc1. The van der Waals surface area contributed by atoms with Gasteiger partial charge in [0.25, 0.3) is 0 Å². The zero-order valence-corrected chi connectivity index (χ0v) is 19.3. The minimum absolute atomic E-state index is 1.08. The maximum atomic E-state index is 2.38. The Bertz CT molecular complexity index is 1520. The highest BCUT2D eigenvalue weighted by Gasteiger charge is 2.18. The van der Waals surface area contributed by atoms with Crippen molar-refractivity contribution in [3.63, 3.8) is 0 Å². The van der Waals surface area contributed by atoms with Crippen LogP contribution < -0.4 is 10.4 Å². The van der Waals surface area contributed by atoms with Crippen molar-refractivity contribution in [2.24, 2.45) is 0 Å². The number of hydrogen-bond acceptors (Lipinski definition) is 0. The molecule has 0 bridgehead atoms. The first-order valence-electron chi connectivity index (χ1n) is 10.8. The van der Waals surface area contributed by atoms with E-state index in [1.165, 1.54) is 57.8 Å². The van der Waals surface area contributed by atoms with Gasteiger partial charge in [-0.05, 0) is 102 Å². The van der Waals surface area contributed by atoms with Gasteiger partial charge < -0.3 is 0 Å². The molecule has 0 fully saturated rings. The van der Waals surface area contributed by atoms with E-state index in [-0.39, 0.29) is 0 Å². The highest BCUT2D eigenvalue weighted by Crippen LogP contribution is 2.42. The van der Waals surface area contributed by atoms with Gasteiger partial charge in [0, 0.05) is 3.57 Å². The molecule has 0 amide bonds. The van der Waals surface area contributed by atoms with Gasteiger partial charge in [0.05, 0.1) is 0 Å². The molecule has 6 rings (SSSR count). The molecule has 31 heavy (non-hydrogen) atoms. The molecule has 1 aliphatic rings. The molecule has 0 radical (unpaired) electrons. The van der Waals surface area contributed by atoms with Crippen LogP contribution in [0.2, 0.25) is 0 Å². The summed E-state index contributed by atoms with van der Waals surface area (Å²) in [5.41, 5.74) is 5.49. The summed E-state index contributed by atoms with van der Waals surface area (Å²) in [6, 6.07) is 35.7. The molecule has 0 unspecified atom stereocenters. The monoisotopic (exact) mass is 508 g/mol. The Hall–Kier alpha value is -2.91. The number of benzene rings is 5. The Balaban J connectivity index is 1.83. The molecule has 148 valence electrons. The van der Waals surface area contributed by atoms with Gasteiger partial charge in [-0.25, -0.2) is 0 Å². The Kier molecular flexibility index (Phi) is 4.65. The summed E-state index contributed by atoms with van der Waals surface area (Å²) in [5, 5.41) is 8.10. The molecule has 1 aliphatic carbocycles. The van der Waals surface area contributed by atoms with Crippen molar-refractivity contribution >= 4 is 55.8 Å². The molecule has 0 nitrogen and oxygen atoms in total. The average molecular weight is 508 g/mol. The molecular weight excluding hydrogens is 487 g/mol. The van der Waals surface area contributed by atoms with Gasteiger partial charge in [-0.1, -0.05) is 91.0 Å². The summed E-state index contributed by atoms with van der Waals surface area (Å²) in [5.74, 6) is 0. The van der Waals surface area contributed by atoms with Crippen LogP contribution in [0.3, 0.4) is 0 Å². The normalized spacial score (nSPS) is 13.3. The van der Waals surface area contributed by atoms with E-state index in [0.717, 1.165) is 12.8 Å². The van der Waals surface area contributed by atoms with Crippen LogP contribution in [0.4, 0.5) is 0 Å². The first-order chi connectivity index (χ1) is 15.3. The molecule has 0 saturated heterocycles. The van der Waals surface area contributed by atoms with Crippen molar-refractivity contribution in [2.45, 2.75) is 12.8 Å². The molecule has 0 saturated carbocycles. The first kappa shape index (κ1) is 18.8. The molecule has 1 heteroatoms. The van der Waals surface area contributed by atoms with Crippen LogP contribution in [0.15, 0.2) is 97.1 Å². The minimum Gasteiger partial charge on any atom is -0.0763 e. The molecular formula is C30H21I. The van der Waals surface area contributed by atoms with Crippen LogP contribution in [0.1, 0.15) is 18.4 Å². The van der Waals surface area contributed by atoms with E-state index in [2.05, 4.69) is 126 Å². The molecule has 0 aliphatic heterocycles. The zero-order chi connectivity index (χ0) is 20.8. The van der Waals surface area contributed by atoms with E-state index in [4.69, 9.17) is 0 Å². The fourth-order valence-electron chi connectivity index (χ4n) is 5.10. The summed E-state index contributed by atoms with van der Waals surface area (Å²) >= 11 is 2.38. The molecule has 5 aromatic rings. The van der Waals surface area contributed by atoms with Gasteiger partial charge in [0.2, 0.25) is 0 Å². The summed E-state index contributed by atoms with van der Waals surface area (Å²) in [4.78, 5) is 0.